The predicted molar refractivity (Wildman–Crippen MR) is 67.0 cm³/mol. The lowest BCUT2D eigenvalue weighted by atomic mass is 10.1. The minimum Gasteiger partial charge on any atom is -0.358 e. The molecule has 0 aliphatic carbocycles. The first-order valence-corrected chi connectivity index (χ1v) is 5.78. The van der Waals surface area contributed by atoms with Gasteiger partial charge in [0, 0.05) is 6.07 Å². The Hall–Kier alpha value is -2.64. The van der Waals surface area contributed by atoms with Crippen LogP contribution in [-0.4, -0.2) is 15.8 Å². The van der Waals surface area contributed by atoms with Gasteiger partial charge in [0.25, 0.3) is 0 Å². The molecule has 0 radical (unpaired) electrons. The fourth-order valence-electron chi connectivity index (χ4n) is 1.89. The summed E-state index contributed by atoms with van der Waals surface area (Å²) in [6.07, 6.45) is -3.98. The summed E-state index contributed by atoms with van der Waals surface area (Å²) in [5.74, 6) is -0.294. The predicted octanol–water partition coefficient (Wildman–Crippen LogP) is 3.28. The Kier molecular flexibility index (Phi) is 3.79. The van der Waals surface area contributed by atoms with Crippen LogP contribution in [0.25, 0.3) is 0 Å². The molecule has 0 bridgehead atoms. The number of carbonyl (C=O) groups excluding carboxylic acids is 1. The van der Waals surface area contributed by atoms with Crippen molar-refractivity contribution in [1.82, 2.24) is 4.57 Å². The lowest BCUT2D eigenvalue weighted by Gasteiger charge is -2.08. The van der Waals surface area contributed by atoms with E-state index in [-0.39, 0.29) is 18.1 Å². The van der Waals surface area contributed by atoms with Crippen LogP contribution in [0.5, 0.6) is 0 Å². The molecule has 0 N–H and O–H groups in total. The number of carbonyl (C=O) groups is 1. The van der Waals surface area contributed by atoms with Crippen LogP contribution in [0.4, 0.5) is 19.0 Å². The molecule has 8 heteroatoms. The van der Waals surface area contributed by atoms with Crippen LogP contribution >= 0.6 is 0 Å². The zero-order valence-electron chi connectivity index (χ0n) is 10.5. The highest BCUT2D eigenvalue weighted by Crippen LogP contribution is 2.29. The normalized spacial score (nSPS) is 11.4. The second kappa shape index (κ2) is 5.39. The summed E-state index contributed by atoms with van der Waals surface area (Å²) >= 11 is 0. The Balaban J connectivity index is 2.32. The molecule has 0 aliphatic rings. The third kappa shape index (κ3) is 3.10. The minimum atomic E-state index is -4.44. The van der Waals surface area contributed by atoms with Gasteiger partial charge in [-0.25, -0.2) is 4.57 Å². The SMILES string of the molecule is O=Cc1ccc([N+](=O)[O-])n1Cc1ccc(C(F)(F)F)cc1. The van der Waals surface area contributed by atoms with E-state index in [1.54, 1.807) is 0 Å². The molecule has 110 valence electrons. The number of benzene rings is 1. The molecule has 0 saturated carbocycles. The van der Waals surface area contributed by atoms with Gasteiger partial charge in [0.05, 0.1) is 5.56 Å². The van der Waals surface area contributed by atoms with E-state index in [4.69, 9.17) is 0 Å². The maximum atomic E-state index is 12.4. The number of hydrogen-bond donors (Lipinski definition) is 0. The van der Waals surface area contributed by atoms with Crippen LogP contribution in [0, 0.1) is 10.1 Å². The van der Waals surface area contributed by atoms with Crippen LogP contribution in [-0.2, 0) is 12.7 Å². The lowest BCUT2D eigenvalue weighted by Crippen LogP contribution is -2.08. The highest BCUT2D eigenvalue weighted by Gasteiger charge is 2.30. The lowest BCUT2D eigenvalue weighted by molar-refractivity contribution is -0.392. The van der Waals surface area contributed by atoms with Gasteiger partial charge in [-0.15, -0.1) is 0 Å². The van der Waals surface area contributed by atoms with Crippen molar-refractivity contribution in [2.24, 2.45) is 0 Å². The Morgan fingerprint density at radius 2 is 1.76 bits per heavy atom. The molecule has 1 aromatic heterocycles. The number of nitro groups is 1. The van der Waals surface area contributed by atoms with Crippen LogP contribution < -0.4 is 0 Å². The summed E-state index contributed by atoms with van der Waals surface area (Å²) in [7, 11) is 0. The van der Waals surface area contributed by atoms with E-state index in [0.29, 0.717) is 11.8 Å². The molecule has 2 rings (SSSR count). The summed E-state index contributed by atoms with van der Waals surface area (Å²) in [6.45, 7) is -0.0600. The van der Waals surface area contributed by atoms with E-state index < -0.39 is 16.7 Å². The molecule has 0 unspecified atom stereocenters. The first-order valence-electron chi connectivity index (χ1n) is 5.78. The van der Waals surface area contributed by atoms with Crippen LogP contribution in [0.2, 0.25) is 0 Å². The number of hydrogen-bond acceptors (Lipinski definition) is 3. The molecule has 0 spiro atoms. The van der Waals surface area contributed by atoms with Crippen molar-refractivity contribution in [3.63, 3.8) is 0 Å². The van der Waals surface area contributed by atoms with Crippen molar-refractivity contribution in [3.05, 3.63) is 63.3 Å². The van der Waals surface area contributed by atoms with Crippen molar-refractivity contribution in [1.29, 1.82) is 0 Å². The smallest absolute Gasteiger partial charge is 0.358 e. The molecule has 5 nitrogen and oxygen atoms in total. The summed E-state index contributed by atoms with van der Waals surface area (Å²) in [4.78, 5) is 21.0. The number of aromatic nitrogens is 1. The molecule has 21 heavy (non-hydrogen) atoms. The molecule has 0 saturated heterocycles. The van der Waals surface area contributed by atoms with Gasteiger partial charge in [-0.05, 0) is 28.7 Å². The molecular weight excluding hydrogens is 289 g/mol. The van der Waals surface area contributed by atoms with E-state index in [1.165, 1.54) is 24.3 Å². The van der Waals surface area contributed by atoms with Crippen molar-refractivity contribution >= 4 is 12.1 Å². The van der Waals surface area contributed by atoms with E-state index in [2.05, 4.69) is 0 Å². The monoisotopic (exact) mass is 298 g/mol. The highest BCUT2D eigenvalue weighted by molar-refractivity contribution is 5.73. The Bertz CT molecular complexity index is 675. The molecule has 2 aromatic rings. The van der Waals surface area contributed by atoms with Gasteiger partial charge in [-0.2, -0.15) is 13.2 Å². The highest BCUT2D eigenvalue weighted by atomic mass is 19.4. The fourth-order valence-corrected chi connectivity index (χ4v) is 1.89. The number of halogens is 3. The Morgan fingerprint density at radius 3 is 2.24 bits per heavy atom. The van der Waals surface area contributed by atoms with E-state index in [1.807, 2.05) is 0 Å². The van der Waals surface area contributed by atoms with Crippen molar-refractivity contribution < 1.29 is 22.9 Å². The Labute approximate surface area is 116 Å². The van der Waals surface area contributed by atoms with E-state index in [0.717, 1.165) is 16.7 Å². The number of aldehydes is 1. The Morgan fingerprint density at radius 1 is 1.14 bits per heavy atom. The van der Waals surface area contributed by atoms with Crippen molar-refractivity contribution in [2.75, 3.05) is 0 Å². The van der Waals surface area contributed by atoms with Crippen LogP contribution in [0.1, 0.15) is 21.6 Å². The average Bonchev–Trinajstić information content (AvgIpc) is 2.81. The second-order valence-corrected chi connectivity index (χ2v) is 4.27. The van der Waals surface area contributed by atoms with Gasteiger partial charge < -0.3 is 10.1 Å². The zero-order chi connectivity index (χ0) is 15.6. The maximum Gasteiger partial charge on any atom is 0.416 e. The zero-order valence-corrected chi connectivity index (χ0v) is 10.5. The topological polar surface area (TPSA) is 65.1 Å². The second-order valence-electron chi connectivity index (χ2n) is 4.27. The van der Waals surface area contributed by atoms with Gasteiger partial charge in [0.2, 0.25) is 0 Å². The average molecular weight is 298 g/mol. The van der Waals surface area contributed by atoms with Crippen molar-refractivity contribution in [3.8, 4) is 0 Å². The van der Waals surface area contributed by atoms with Gasteiger partial charge in [-0.3, -0.25) is 4.79 Å². The van der Waals surface area contributed by atoms with Gasteiger partial charge in [0.15, 0.2) is 12.0 Å². The molecule has 0 amide bonds. The summed E-state index contributed by atoms with van der Waals surface area (Å²) in [5, 5.41) is 10.8. The molecule has 1 aromatic carbocycles. The standard InChI is InChI=1S/C13H9F3N2O3/c14-13(15,16)10-3-1-9(2-4-10)7-17-11(8-19)5-6-12(17)18(20)21/h1-6,8H,7H2. The summed E-state index contributed by atoms with van der Waals surface area (Å²) in [5.41, 5.74) is -0.295. The van der Waals surface area contributed by atoms with Gasteiger partial charge in [0.1, 0.15) is 6.54 Å². The summed E-state index contributed by atoms with van der Waals surface area (Å²) < 4.78 is 38.5. The van der Waals surface area contributed by atoms with Crippen molar-refractivity contribution in [2.45, 2.75) is 12.7 Å². The van der Waals surface area contributed by atoms with E-state index >= 15 is 0 Å². The number of rotatable bonds is 4. The third-order valence-corrected chi connectivity index (χ3v) is 2.92. The first kappa shape index (κ1) is 14.8. The van der Waals surface area contributed by atoms with Crippen LogP contribution in [0.15, 0.2) is 36.4 Å². The largest absolute Gasteiger partial charge is 0.416 e. The molecule has 1 heterocycles. The quantitative estimate of drug-likeness (QED) is 0.494. The van der Waals surface area contributed by atoms with E-state index in [9.17, 15) is 28.1 Å². The molecule has 0 atom stereocenters. The fraction of sp³-hybridized carbons (Fsp3) is 0.154. The van der Waals surface area contributed by atoms with Gasteiger partial charge in [-0.1, -0.05) is 12.1 Å². The van der Waals surface area contributed by atoms with Crippen LogP contribution in [0.3, 0.4) is 0 Å². The summed E-state index contributed by atoms with van der Waals surface area (Å²) in [6, 6.07) is 6.70. The minimum absolute atomic E-state index is 0.0600. The number of alkyl halides is 3. The first-order chi connectivity index (χ1) is 9.82. The molecular formula is C13H9F3N2O3. The number of nitrogens with zero attached hydrogens (tertiary/aromatic N) is 2. The molecule has 0 fully saturated rings. The van der Waals surface area contributed by atoms with Gasteiger partial charge >= 0.3 is 12.0 Å². The maximum absolute atomic E-state index is 12.4. The third-order valence-electron chi connectivity index (χ3n) is 2.92. The molecule has 0 aliphatic heterocycles.